The highest BCUT2D eigenvalue weighted by Gasteiger charge is 2.21. The topological polar surface area (TPSA) is 98.2 Å². The van der Waals surface area contributed by atoms with Crippen LogP contribution in [0.2, 0.25) is 0 Å². The van der Waals surface area contributed by atoms with Crippen LogP contribution in [-0.4, -0.2) is 45.7 Å². The summed E-state index contributed by atoms with van der Waals surface area (Å²) in [4.78, 5) is 23.1. The number of nitrogens with zero attached hydrogens (tertiary/aromatic N) is 2. The van der Waals surface area contributed by atoms with Gasteiger partial charge in [-0.05, 0) is 12.1 Å². The Morgan fingerprint density at radius 2 is 2.26 bits per heavy atom. The number of aromatic amines is 1. The van der Waals surface area contributed by atoms with Gasteiger partial charge in [0.1, 0.15) is 12.7 Å². The van der Waals surface area contributed by atoms with Crippen LogP contribution < -0.4 is 20.5 Å². The number of hydrogen-bond acceptors (Lipinski definition) is 6. The standard InChI is InChI=1S/C14H16N4O4S/c1-18-13(20)16-17-14(18)23-8-12(19)15-6-9-7-21-10-4-2-3-5-11(10)22-9/h2-5,9H,6-8H2,1H3,(H,15,19)(H,16,20)/t9-/m0/s1. The van der Waals surface area contributed by atoms with E-state index in [1.807, 2.05) is 24.3 Å². The first kappa shape index (κ1) is 15.5. The van der Waals surface area contributed by atoms with Crippen LogP contribution in [0.4, 0.5) is 0 Å². The Morgan fingerprint density at radius 3 is 3.00 bits per heavy atom. The molecule has 1 atom stereocenters. The molecule has 0 unspecified atom stereocenters. The van der Waals surface area contributed by atoms with Crippen LogP contribution in [0.25, 0.3) is 0 Å². The zero-order valence-corrected chi connectivity index (χ0v) is 13.3. The molecule has 3 rings (SSSR count). The van der Waals surface area contributed by atoms with Gasteiger partial charge >= 0.3 is 5.69 Å². The third-order valence-corrected chi connectivity index (χ3v) is 4.30. The SMILES string of the molecule is Cn1c(SCC(=O)NC[C@H]2COc3ccccc3O2)n[nH]c1=O. The van der Waals surface area contributed by atoms with Crippen molar-refractivity contribution in [3.8, 4) is 11.5 Å². The number of thioether (sulfide) groups is 1. The average Bonchev–Trinajstić information content (AvgIpc) is 2.89. The maximum absolute atomic E-state index is 11.9. The molecule has 1 aromatic carbocycles. The van der Waals surface area contributed by atoms with Crippen molar-refractivity contribution in [2.24, 2.45) is 7.05 Å². The maximum atomic E-state index is 11.9. The van der Waals surface area contributed by atoms with Crippen molar-refractivity contribution in [2.45, 2.75) is 11.3 Å². The molecule has 1 aliphatic rings. The van der Waals surface area contributed by atoms with E-state index < -0.39 is 0 Å². The second kappa shape index (κ2) is 6.78. The summed E-state index contributed by atoms with van der Waals surface area (Å²) in [5.74, 6) is 1.40. The molecule has 0 saturated carbocycles. The summed E-state index contributed by atoms with van der Waals surface area (Å²) < 4.78 is 12.7. The van der Waals surface area contributed by atoms with E-state index in [1.54, 1.807) is 7.05 Å². The van der Waals surface area contributed by atoms with Crippen molar-refractivity contribution in [1.82, 2.24) is 20.1 Å². The van der Waals surface area contributed by atoms with Crippen LogP contribution in [0, 0.1) is 0 Å². The van der Waals surface area contributed by atoms with Crippen molar-refractivity contribution in [3.05, 3.63) is 34.7 Å². The third-order valence-electron chi connectivity index (χ3n) is 3.27. The minimum absolute atomic E-state index is 0.159. The summed E-state index contributed by atoms with van der Waals surface area (Å²) in [6, 6.07) is 7.42. The van der Waals surface area contributed by atoms with E-state index in [2.05, 4.69) is 15.5 Å². The molecule has 9 heteroatoms. The molecule has 122 valence electrons. The largest absolute Gasteiger partial charge is 0.486 e. The van der Waals surface area contributed by atoms with Crippen molar-refractivity contribution >= 4 is 17.7 Å². The fraction of sp³-hybridized carbons (Fsp3) is 0.357. The molecule has 0 bridgehead atoms. The Bertz CT molecular complexity index is 757. The highest BCUT2D eigenvalue weighted by Crippen LogP contribution is 2.30. The number of amides is 1. The fourth-order valence-corrected chi connectivity index (χ4v) is 2.78. The second-order valence-corrected chi connectivity index (χ2v) is 5.90. The lowest BCUT2D eigenvalue weighted by Crippen LogP contribution is -2.41. The Hall–Kier alpha value is -2.42. The number of para-hydroxylation sites is 2. The first-order valence-corrected chi connectivity index (χ1v) is 8.01. The number of carbonyl (C=O) groups is 1. The highest BCUT2D eigenvalue weighted by molar-refractivity contribution is 7.99. The molecule has 2 aromatic rings. The summed E-state index contributed by atoms with van der Waals surface area (Å²) in [5, 5.41) is 9.41. The van der Waals surface area contributed by atoms with E-state index in [4.69, 9.17) is 9.47 Å². The van der Waals surface area contributed by atoms with Gasteiger partial charge in [-0.3, -0.25) is 9.36 Å². The molecule has 1 aromatic heterocycles. The Morgan fingerprint density at radius 1 is 1.48 bits per heavy atom. The van der Waals surface area contributed by atoms with E-state index in [-0.39, 0.29) is 23.5 Å². The van der Waals surface area contributed by atoms with E-state index in [0.29, 0.717) is 29.8 Å². The average molecular weight is 336 g/mol. The number of hydrogen-bond donors (Lipinski definition) is 2. The quantitative estimate of drug-likeness (QED) is 0.755. The van der Waals surface area contributed by atoms with Crippen LogP contribution in [0.1, 0.15) is 0 Å². The van der Waals surface area contributed by atoms with Crippen LogP contribution in [-0.2, 0) is 11.8 Å². The zero-order chi connectivity index (χ0) is 16.2. The van der Waals surface area contributed by atoms with Gasteiger partial charge in [0.2, 0.25) is 5.91 Å². The summed E-state index contributed by atoms with van der Waals surface area (Å²) in [6.07, 6.45) is -0.228. The van der Waals surface area contributed by atoms with Gasteiger partial charge in [0.25, 0.3) is 0 Å². The number of rotatable bonds is 5. The van der Waals surface area contributed by atoms with E-state index in [9.17, 15) is 9.59 Å². The van der Waals surface area contributed by atoms with Gasteiger partial charge in [0, 0.05) is 7.05 Å². The number of H-pyrrole nitrogens is 1. The van der Waals surface area contributed by atoms with Crippen LogP contribution in [0.5, 0.6) is 11.5 Å². The lowest BCUT2D eigenvalue weighted by Gasteiger charge is -2.26. The molecule has 2 N–H and O–H groups in total. The molecular formula is C14H16N4O4S. The highest BCUT2D eigenvalue weighted by atomic mass is 32.2. The minimum Gasteiger partial charge on any atom is -0.486 e. The number of benzene rings is 1. The maximum Gasteiger partial charge on any atom is 0.343 e. The third kappa shape index (κ3) is 3.67. The summed E-state index contributed by atoms with van der Waals surface area (Å²) in [7, 11) is 1.59. The van der Waals surface area contributed by atoms with E-state index in [1.165, 1.54) is 16.3 Å². The van der Waals surface area contributed by atoms with Gasteiger partial charge in [0.05, 0.1) is 12.3 Å². The van der Waals surface area contributed by atoms with Gasteiger partial charge in [-0.2, -0.15) is 0 Å². The molecule has 0 radical (unpaired) electrons. The monoisotopic (exact) mass is 336 g/mol. The zero-order valence-electron chi connectivity index (χ0n) is 12.4. The molecule has 0 spiro atoms. The number of carbonyl (C=O) groups excluding carboxylic acids is 1. The molecule has 1 amide bonds. The lowest BCUT2D eigenvalue weighted by molar-refractivity contribution is -0.119. The van der Waals surface area contributed by atoms with Crippen LogP contribution in [0.15, 0.2) is 34.2 Å². The molecule has 0 fully saturated rings. The van der Waals surface area contributed by atoms with Gasteiger partial charge in [0.15, 0.2) is 16.7 Å². The molecular weight excluding hydrogens is 320 g/mol. The predicted molar refractivity (Wildman–Crippen MR) is 83.9 cm³/mol. The number of ether oxygens (including phenoxy) is 2. The van der Waals surface area contributed by atoms with Crippen molar-refractivity contribution < 1.29 is 14.3 Å². The normalized spacial score (nSPS) is 16.1. The molecule has 8 nitrogen and oxygen atoms in total. The predicted octanol–water partition coefficient (Wildman–Crippen LogP) is 0.157. The van der Waals surface area contributed by atoms with Gasteiger partial charge in [-0.25, -0.2) is 9.89 Å². The minimum atomic E-state index is -0.306. The van der Waals surface area contributed by atoms with Gasteiger partial charge < -0.3 is 14.8 Å². The number of aromatic nitrogens is 3. The molecule has 23 heavy (non-hydrogen) atoms. The first-order chi connectivity index (χ1) is 11.1. The molecule has 2 heterocycles. The van der Waals surface area contributed by atoms with E-state index >= 15 is 0 Å². The van der Waals surface area contributed by atoms with Gasteiger partial charge in [-0.1, -0.05) is 23.9 Å². The smallest absolute Gasteiger partial charge is 0.343 e. The van der Waals surface area contributed by atoms with Gasteiger partial charge in [-0.15, -0.1) is 5.10 Å². The fourth-order valence-electron chi connectivity index (χ4n) is 2.03. The van der Waals surface area contributed by atoms with E-state index in [0.717, 1.165) is 0 Å². The van der Waals surface area contributed by atoms with Crippen LogP contribution >= 0.6 is 11.8 Å². The lowest BCUT2D eigenvalue weighted by atomic mass is 10.2. The second-order valence-electron chi connectivity index (χ2n) is 4.96. The van der Waals surface area contributed by atoms with Crippen molar-refractivity contribution in [3.63, 3.8) is 0 Å². The Labute approximate surface area is 136 Å². The summed E-state index contributed by atoms with van der Waals surface area (Å²) in [6.45, 7) is 0.742. The Kier molecular flexibility index (Phi) is 4.56. The number of nitrogens with one attached hydrogen (secondary N) is 2. The molecule has 0 saturated heterocycles. The number of fused-ring (bicyclic) bond motifs is 1. The van der Waals surface area contributed by atoms with Crippen LogP contribution in [0.3, 0.4) is 0 Å². The van der Waals surface area contributed by atoms with Crippen molar-refractivity contribution in [1.29, 1.82) is 0 Å². The van der Waals surface area contributed by atoms with Crippen molar-refractivity contribution in [2.75, 3.05) is 18.9 Å². The first-order valence-electron chi connectivity index (χ1n) is 7.03. The summed E-state index contributed by atoms with van der Waals surface area (Å²) >= 11 is 1.19. The molecule has 1 aliphatic heterocycles. The molecule has 0 aliphatic carbocycles. The Balaban J connectivity index is 1.45. The summed E-state index contributed by atoms with van der Waals surface area (Å²) in [5.41, 5.74) is -0.306.